The Labute approximate surface area is 131 Å². The standard InChI is InChI=1S/C12H5N3O9/c16-10-6(14(19)20)4-7(15(21)22)11-12(10)24-9-3-5(13(17)18)1-2-8(9)23-11/h1-4,6H. The molecule has 0 N–H and O–H groups in total. The molecule has 1 aromatic carbocycles. The third-order valence-corrected chi connectivity index (χ3v) is 3.23. The van der Waals surface area contributed by atoms with Gasteiger partial charge < -0.3 is 9.47 Å². The van der Waals surface area contributed by atoms with Gasteiger partial charge in [0.05, 0.1) is 22.0 Å². The Bertz CT molecular complexity index is 886. The Morgan fingerprint density at radius 1 is 0.917 bits per heavy atom. The van der Waals surface area contributed by atoms with Gasteiger partial charge in [0.15, 0.2) is 11.5 Å². The van der Waals surface area contributed by atoms with Crippen molar-refractivity contribution in [1.82, 2.24) is 0 Å². The first-order valence-corrected chi connectivity index (χ1v) is 6.22. The van der Waals surface area contributed by atoms with Crippen LogP contribution in [0.3, 0.4) is 0 Å². The number of nitro benzene ring substituents is 1. The Hall–Kier alpha value is -3.83. The molecule has 0 spiro atoms. The van der Waals surface area contributed by atoms with E-state index in [0.29, 0.717) is 6.08 Å². The normalized spacial score (nSPS) is 18.6. The van der Waals surface area contributed by atoms with Crippen molar-refractivity contribution in [3.8, 4) is 11.5 Å². The second kappa shape index (κ2) is 5.12. The summed E-state index contributed by atoms with van der Waals surface area (Å²) >= 11 is 0. The molecule has 1 heterocycles. The Morgan fingerprint density at radius 2 is 1.58 bits per heavy atom. The zero-order chi connectivity index (χ0) is 17.6. The minimum atomic E-state index is -2.01. The minimum absolute atomic E-state index is 0.0977. The lowest BCUT2D eigenvalue weighted by Crippen LogP contribution is -2.38. The van der Waals surface area contributed by atoms with E-state index in [9.17, 15) is 35.1 Å². The van der Waals surface area contributed by atoms with Crippen molar-refractivity contribution in [1.29, 1.82) is 0 Å². The summed E-state index contributed by atoms with van der Waals surface area (Å²) in [6, 6.07) is 1.15. The summed E-state index contributed by atoms with van der Waals surface area (Å²) < 4.78 is 10.4. The van der Waals surface area contributed by atoms with E-state index in [4.69, 9.17) is 9.47 Å². The molecule has 2 aliphatic rings. The lowest BCUT2D eigenvalue weighted by Gasteiger charge is -2.23. The summed E-state index contributed by atoms with van der Waals surface area (Å²) in [7, 11) is 0. The van der Waals surface area contributed by atoms with Crippen molar-refractivity contribution in [2.75, 3.05) is 0 Å². The maximum Gasteiger partial charge on any atom is 0.319 e. The van der Waals surface area contributed by atoms with E-state index in [-0.39, 0.29) is 17.2 Å². The Kier molecular flexibility index (Phi) is 3.22. The highest BCUT2D eigenvalue weighted by Crippen LogP contribution is 2.41. The molecule has 0 radical (unpaired) electrons. The van der Waals surface area contributed by atoms with Crippen LogP contribution in [0.25, 0.3) is 0 Å². The number of Topliss-reactive ketones (excluding diaryl/α,β-unsaturated/α-hetero) is 1. The molecular formula is C12H5N3O9. The zero-order valence-corrected chi connectivity index (χ0v) is 11.4. The molecule has 3 rings (SSSR count). The van der Waals surface area contributed by atoms with Crippen molar-refractivity contribution in [3.05, 3.63) is 71.8 Å². The molecule has 12 nitrogen and oxygen atoms in total. The van der Waals surface area contributed by atoms with Crippen LogP contribution in [-0.4, -0.2) is 26.6 Å². The number of rotatable bonds is 3. The van der Waals surface area contributed by atoms with E-state index in [2.05, 4.69) is 0 Å². The van der Waals surface area contributed by atoms with Gasteiger partial charge in [0.2, 0.25) is 5.76 Å². The van der Waals surface area contributed by atoms with Gasteiger partial charge in [0.25, 0.3) is 17.2 Å². The third-order valence-electron chi connectivity index (χ3n) is 3.23. The second-order valence-electron chi connectivity index (χ2n) is 4.65. The fourth-order valence-electron chi connectivity index (χ4n) is 2.15. The van der Waals surface area contributed by atoms with Gasteiger partial charge in [0.1, 0.15) is 0 Å². The number of carbonyl (C=O) groups excluding carboxylic acids is 1. The first-order chi connectivity index (χ1) is 11.3. The Balaban J connectivity index is 2.10. The predicted molar refractivity (Wildman–Crippen MR) is 72.2 cm³/mol. The smallest absolute Gasteiger partial charge is 0.319 e. The molecule has 0 saturated carbocycles. The molecule has 1 aliphatic carbocycles. The number of fused-ring (bicyclic) bond motifs is 1. The van der Waals surface area contributed by atoms with Crippen molar-refractivity contribution < 1.29 is 29.0 Å². The molecule has 24 heavy (non-hydrogen) atoms. The van der Waals surface area contributed by atoms with Crippen molar-refractivity contribution in [2.24, 2.45) is 0 Å². The fraction of sp³-hybridized carbons (Fsp3) is 0.0833. The molecule has 0 amide bonds. The molecule has 0 saturated heterocycles. The van der Waals surface area contributed by atoms with Crippen LogP contribution in [0.4, 0.5) is 5.69 Å². The topological polar surface area (TPSA) is 165 Å². The summed E-state index contributed by atoms with van der Waals surface area (Å²) in [5.41, 5.74) is -1.17. The highest BCUT2D eigenvalue weighted by atomic mass is 16.6. The van der Waals surface area contributed by atoms with Crippen LogP contribution < -0.4 is 9.47 Å². The zero-order valence-electron chi connectivity index (χ0n) is 11.4. The highest BCUT2D eigenvalue weighted by Gasteiger charge is 2.47. The van der Waals surface area contributed by atoms with Gasteiger partial charge in [-0.05, 0) is 6.07 Å². The van der Waals surface area contributed by atoms with Gasteiger partial charge in [-0.2, -0.15) is 0 Å². The van der Waals surface area contributed by atoms with Gasteiger partial charge in [-0.1, -0.05) is 0 Å². The van der Waals surface area contributed by atoms with Gasteiger partial charge in [0, 0.05) is 11.0 Å². The van der Waals surface area contributed by atoms with Crippen LogP contribution in [0.15, 0.2) is 41.5 Å². The quantitative estimate of drug-likeness (QED) is 0.577. The molecule has 122 valence electrons. The van der Waals surface area contributed by atoms with Gasteiger partial charge in [-0.25, -0.2) is 0 Å². The molecule has 1 unspecified atom stereocenters. The summed E-state index contributed by atoms with van der Waals surface area (Å²) in [5.74, 6) is -2.82. The van der Waals surface area contributed by atoms with Gasteiger partial charge in [-0.3, -0.25) is 35.1 Å². The largest absolute Gasteiger partial charge is 0.445 e. The van der Waals surface area contributed by atoms with Crippen LogP contribution >= 0.6 is 0 Å². The molecule has 1 aromatic rings. The van der Waals surface area contributed by atoms with Crippen LogP contribution in [0, 0.1) is 30.3 Å². The van der Waals surface area contributed by atoms with E-state index in [0.717, 1.165) is 18.2 Å². The fourth-order valence-corrected chi connectivity index (χ4v) is 2.15. The maximum absolute atomic E-state index is 12.1. The van der Waals surface area contributed by atoms with Crippen LogP contribution in [0.2, 0.25) is 0 Å². The number of benzene rings is 1. The molecule has 0 aromatic heterocycles. The first-order valence-electron chi connectivity index (χ1n) is 6.22. The molecular weight excluding hydrogens is 330 g/mol. The molecule has 0 fully saturated rings. The van der Waals surface area contributed by atoms with Gasteiger partial charge >= 0.3 is 11.7 Å². The summed E-state index contributed by atoms with van der Waals surface area (Å²) in [6.07, 6.45) is 0.556. The van der Waals surface area contributed by atoms with Crippen LogP contribution in [0.5, 0.6) is 11.5 Å². The summed E-state index contributed by atoms with van der Waals surface area (Å²) in [5, 5.41) is 32.7. The third kappa shape index (κ3) is 2.22. The average Bonchev–Trinajstić information content (AvgIpc) is 2.52. The average molecular weight is 335 g/mol. The van der Waals surface area contributed by atoms with Crippen LogP contribution in [0.1, 0.15) is 0 Å². The number of carbonyl (C=O) groups is 1. The number of hydrogen-bond acceptors (Lipinski definition) is 9. The number of nitrogens with zero attached hydrogens (tertiary/aromatic N) is 3. The summed E-state index contributed by atoms with van der Waals surface area (Å²) in [4.78, 5) is 42.2. The SMILES string of the molecule is O=C1C2=C(Oc3ccc([N+](=O)[O-])cc3O2)C([N+](=O)[O-])=CC1[N+](=O)[O-]. The van der Waals surface area contributed by atoms with Crippen LogP contribution in [-0.2, 0) is 4.79 Å². The number of non-ortho nitro benzene ring substituents is 1. The number of hydrogen-bond donors (Lipinski definition) is 0. The maximum atomic E-state index is 12.1. The predicted octanol–water partition coefficient (Wildman–Crippen LogP) is 0.966. The van der Waals surface area contributed by atoms with Crippen molar-refractivity contribution in [2.45, 2.75) is 6.04 Å². The number of ketones is 1. The molecule has 0 bridgehead atoms. The first kappa shape index (κ1) is 15.1. The lowest BCUT2D eigenvalue weighted by molar-refractivity contribution is -0.498. The second-order valence-corrected chi connectivity index (χ2v) is 4.65. The molecule has 12 heteroatoms. The summed E-state index contributed by atoms with van der Waals surface area (Å²) in [6.45, 7) is 0. The minimum Gasteiger partial charge on any atom is -0.445 e. The number of nitro groups is 3. The Morgan fingerprint density at radius 3 is 2.17 bits per heavy atom. The molecule has 1 aliphatic heterocycles. The van der Waals surface area contributed by atoms with Crippen molar-refractivity contribution >= 4 is 11.5 Å². The van der Waals surface area contributed by atoms with Gasteiger partial charge in [-0.15, -0.1) is 0 Å². The van der Waals surface area contributed by atoms with E-state index in [1.807, 2.05) is 0 Å². The van der Waals surface area contributed by atoms with E-state index in [1.54, 1.807) is 0 Å². The molecule has 1 atom stereocenters. The van der Waals surface area contributed by atoms with Crippen molar-refractivity contribution in [3.63, 3.8) is 0 Å². The number of ether oxygens (including phenoxy) is 2. The van der Waals surface area contributed by atoms with E-state index < -0.39 is 43.8 Å². The lowest BCUT2D eigenvalue weighted by atomic mass is 10.0. The van der Waals surface area contributed by atoms with E-state index in [1.165, 1.54) is 0 Å². The highest BCUT2D eigenvalue weighted by molar-refractivity contribution is 6.01. The van der Waals surface area contributed by atoms with E-state index >= 15 is 0 Å². The monoisotopic (exact) mass is 335 g/mol.